The van der Waals surface area contributed by atoms with Crippen molar-refractivity contribution >= 4 is 27.3 Å². The average molecular weight is 382 g/mol. The van der Waals surface area contributed by atoms with Gasteiger partial charge in [-0.3, -0.25) is 4.79 Å². The first-order valence-corrected chi connectivity index (χ1v) is 9.79. The summed E-state index contributed by atoms with van der Waals surface area (Å²) in [5.41, 5.74) is 2.55. The maximum absolute atomic E-state index is 12.2. The average Bonchev–Trinajstić information content (AvgIpc) is 2.55. The quantitative estimate of drug-likeness (QED) is 0.770. The molecule has 5 nitrogen and oxygen atoms in total. The van der Waals surface area contributed by atoms with E-state index in [0.29, 0.717) is 5.02 Å². The number of benzene rings is 2. The van der Waals surface area contributed by atoms with Gasteiger partial charge in [-0.05, 0) is 47.9 Å². The number of aryl methyl sites for hydroxylation is 1. The number of hydrogen-bond donors (Lipinski definition) is 2. The molecule has 0 spiro atoms. The molecule has 7 heteroatoms. The van der Waals surface area contributed by atoms with Crippen LogP contribution in [0, 0.1) is 6.92 Å². The monoisotopic (exact) mass is 381 g/mol. The molecule has 0 bridgehead atoms. The number of amides is 1. The van der Waals surface area contributed by atoms with E-state index < -0.39 is 9.84 Å². The summed E-state index contributed by atoms with van der Waals surface area (Å²) in [7, 11) is -3.46. The summed E-state index contributed by atoms with van der Waals surface area (Å²) in [6.45, 7) is 1.87. The standard InChI is InChI=1S/C18H20ClNO4S/c1-13-10-14(2-3-15(13)12-21)11-18(22)20-8-9-25(23,24)17-6-4-16(19)5-7-17/h2-7,10,21H,8-9,11-12H2,1H3,(H,20,22). The van der Waals surface area contributed by atoms with Gasteiger partial charge in [0.15, 0.2) is 9.84 Å². The van der Waals surface area contributed by atoms with E-state index in [9.17, 15) is 13.2 Å². The summed E-state index contributed by atoms with van der Waals surface area (Å²) in [6.07, 6.45) is 0.160. The number of aliphatic hydroxyl groups excluding tert-OH is 1. The van der Waals surface area contributed by atoms with E-state index in [1.807, 2.05) is 13.0 Å². The van der Waals surface area contributed by atoms with Crippen LogP contribution in [-0.2, 0) is 27.7 Å². The minimum atomic E-state index is -3.46. The highest BCUT2D eigenvalue weighted by molar-refractivity contribution is 7.91. The van der Waals surface area contributed by atoms with E-state index in [-0.39, 0.29) is 36.1 Å². The smallest absolute Gasteiger partial charge is 0.224 e. The van der Waals surface area contributed by atoms with E-state index in [0.717, 1.165) is 16.7 Å². The third-order valence-corrected chi connectivity index (χ3v) is 5.79. The Hall–Kier alpha value is -1.89. The molecule has 134 valence electrons. The summed E-state index contributed by atoms with van der Waals surface area (Å²) in [5.74, 6) is -0.425. The molecule has 0 atom stereocenters. The molecule has 0 unspecified atom stereocenters. The van der Waals surface area contributed by atoms with Crippen molar-refractivity contribution in [3.05, 3.63) is 64.2 Å². The number of carbonyl (C=O) groups is 1. The highest BCUT2D eigenvalue weighted by Gasteiger charge is 2.14. The Morgan fingerprint density at radius 2 is 1.84 bits per heavy atom. The third-order valence-electron chi connectivity index (χ3n) is 3.81. The molecular weight excluding hydrogens is 362 g/mol. The van der Waals surface area contributed by atoms with Crippen LogP contribution in [0.1, 0.15) is 16.7 Å². The van der Waals surface area contributed by atoms with Gasteiger partial charge >= 0.3 is 0 Å². The predicted molar refractivity (Wildman–Crippen MR) is 97.3 cm³/mol. The molecule has 0 saturated carbocycles. The van der Waals surface area contributed by atoms with Crippen LogP contribution in [0.15, 0.2) is 47.4 Å². The van der Waals surface area contributed by atoms with Crippen molar-refractivity contribution in [2.75, 3.05) is 12.3 Å². The van der Waals surface area contributed by atoms with Crippen LogP contribution in [-0.4, -0.2) is 31.7 Å². The predicted octanol–water partition coefficient (Wildman–Crippen LogP) is 2.27. The van der Waals surface area contributed by atoms with Crippen molar-refractivity contribution in [1.29, 1.82) is 0 Å². The van der Waals surface area contributed by atoms with Crippen molar-refractivity contribution in [3.8, 4) is 0 Å². The van der Waals surface area contributed by atoms with E-state index in [2.05, 4.69) is 5.32 Å². The molecule has 0 heterocycles. The summed E-state index contributed by atoms with van der Waals surface area (Å²) in [5, 5.41) is 12.2. The Morgan fingerprint density at radius 3 is 2.44 bits per heavy atom. The van der Waals surface area contributed by atoms with Crippen LogP contribution in [0.2, 0.25) is 5.02 Å². The zero-order chi connectivity index (χ0) is 18.4. The molecule has 0 aliphatic heterocycles. The molecule has 0 fully saturated rings. The summed E-state index contributed by atoms with van der Waals surface area (Å²) in [4.78, 5) is 12.2. The number of carbonyl (C=O) groups excluding carboxylic acids is 1. The number of rotatable bonds is 7. The van der Waals surface area contributed by atoms with Crippen LogP contribution in [0.5, 0.6) is 0 Å². The number of halogens is 1. The minimum absolute atomic E-state index is 0.0392. The van der Waals surface area contributed by atoms with Gasteiger partial charge in [-0.2, -0.15) is 0 Å². The largest absolute Gasteiger partial charge is 0.392 e. The van der Waals surface area contributed by atoms with Crippen molar-refractivity contribution in [2.45, 2.75) is 24.8 Å². The second kappa shape index (κ2) is 8.47. The molecular formula is C18H20ClNO4S. The first-order chi connectivity index (χ1) is 11.8. The van der Waals surface area contributed by atoms with Gasteiger partial charge in [0.2, 0.25) is 5.91 Å². The number of sulfone groups is 1. The fourth-order valence-corrected chi connectivity index (χ4v) is 3.66. The van der Waals surface area contributed by atoms with Crippen LogP contribution in [0.4, 0.5) is 0 Å². The molecule has 0 aliphatic carbocycles. The van der Waals surface area contributed by atoms with E-state index in [1.165, 1.54) is 24.3 Å². The minimum Gasteiger partial charge on any atom is -0.392 e. The zero-order valence-corrected chi connectivity index (χ0v) is 15.4. The normalized spacial score (nSPS) is 11.3. The first kappa shape index (κ1) is 19.4. The number of nitrogens with one attached hydrogen (secondary N) is 1. The van der Waals surface area contributed by atoms with Crippen molar-refractivity contribution in [2.24, 2.45) is 0 Å². The maximum atomic E-state index is 12.2. The van der Waals surface area contributed by atoms with Gasteiger partial charge in [0.1, 0.15) is 0 Å². The molecule has 2 rings (SSSR count). The lowest BCUT2D eigenvalue weighted by atomic mass is 10.0. The van der Waals surface area contributed by atoms with Gasteiger partial charge in [-0.15, -0.1) is 0 Å². The molecule has 1 amide bonds. The van der Waals surface area contributed by atoms with Crippen molar-refractivity contribution in [3.63, 3.8) is 0 Å². The van der Waals surface area contributed by atoms with Gasteiger partial charge in [-0.1, -0.05) is 29.8 Å². The van der Waals surface area contributed by atoms with Gasteiger partial charge in [-0.25, -0.2) is 8.42 Å². The second-order valence-electron chi connectivity index (χ2n) is 5.72. The molecule has 0 saturated heterocycles. The van der Waals surface area contributed by atoms with Gasteiger partial charge < -0.3 is 10.4 Å². The molecule has 0 aliphatic rings. The lowest BCUT2D eigenvalue weighted by Gasteiger charge is -2.08. The Labute approximate surface area is 152 Å². The van der Waals surface area contributed by atoms with Crippen LogP contribution < -0.4 is 5.32 Å². The summed E-state index contributed by atoms with van der Waals surface area (Å²) in [6, 6.07) is 11.3. The molecule has 0 aromatic heterocycles. The Balaban J connectivity index is 1.87. The number of hydrogen-bond acceptors (Lipinski definition) is 4. The third kappa shape index (κ3) is 5.56. The molecule has 2 aromatic carbocycles. The fourth-order valence-electron chi connectivity index (χ4n) is 2.38. The van der Waals surface area contributed by atoms with E-state index in [1.54, 1.807) is 12.1 Å². The van der Waals surface area contributed by atoms with E-state index in [4.69, 9.17) is 16.7 Å². The van der Waals surface area contributed by atoms with E-state index >= 15 is 0 Å². The molecule has 25 heavy (non-hydrogen) atoms. The summed E-state index contributed by atoms with van der Waals surface area (Å²) < 4.78 is 24.4. The highest BCUT2D eigenvalue weighted by atomic mass is 35.5. The van der Waals surface area contributed by atoms with Gasteiger partial charge in [0.05, 0.1) is 23.7 Å². The van der Waals surface area contributed by atoms with Crippen LogP contribution in [0.3, 0.4) is 0 Å². The van der Waals surface area contributed by atoms with Crippen molar-refractivity contribution < 1.29 is 18.3 Å². The molecule has 2 N–H and O–H groups in total. The Kier molecular flexibility index (Phi) is 6.58. The fraction of sp³-hybridized carbons (Fsp3) is 0.278. The number of aliphatic hydroxyl groups is 1. The van der Waals surface area contributed by atoms with Gasteiger partial charge in [0, 0.05) is 11.6 Å². The first-order valence-electron chi connectivity index (χ1n) is 7.76. The highest BCUT2D eigenvalue weighted by Crippen LogP contribution is 2.15. The van der Waals surface area contributed by atoms with Crippen LogP contribution in [0.25, 0.3) is 0 Å². The zero-order valence-electron chi connectivity index (χ0n) is 13.8. The second-order valence-corrected chi connectivity index (χ2v) is 8.26. The Morgan fingerprint density at radius 1 is 1.16 bits per heavy atom. The lowest BCUT2D eigenvalue weighted by molar-refractivity contribution is -0.120. The van der Waals surface area contributed by atoms with Crippen molar-refractivity contribution in [1.82, 2.24) is 5.32 Å². The molecule has 2 aromatic rings. The Bertz CT molecular complexity index is 848. The lowest BCUT2D eigenvalue weighted by Crippen LogP contribution is -2.30. The van der Waals surface area contributed by atoms with Gasteiger partial charge in [0.25, 0.3) is 0 Å². The summed E-state index contributed by atoms with van der Waals surface area (Å²) >= 11 is 5.75. The van der Waals surface area contributed by atoms with Crippen LogP contribution >= 0.6 is 11.6 Å². The topological polar surface area (TPSA) is 83.5 Å². The maximum Gasteiger partial charge on any atom is 0.224 e. The molecule has 0 radical (unpaired) electrons. The SMILES string of the molecule is Cc1cc(CC(=O)NCCS(=O)(=O)c2ccc(Cl)cc2)ccc1CO.